The van der Waals surface area contributed by atoms with Crippen LogP contribution in [0.1, 0.15) is 18.4 Å². The molecule has 0 bridgehead atoms. The Labute approximate surface area is 121 Å². The Bertz CT molecular complexity index is 584. The molecule has 0 spiro atoms. The van der Waals surface area contributed by atoms with Gasteiger partial charge in [0.1, 0.15) is 0 Å². The van der Waals surface area contributed by atoms with Crippen molar-refractivity contribution in [3.8, 4) is 0 Å². The largest absolute Gasteiger partial charge is 0.399 e. The number of aryl methyl sites for hydroxylation is 1. The summed E-state index contributed by atoms with van der Waals surface area (Å²) in [6.45, 7) is 3.15. The smallest absolute Gasteiger partial charge is 0.243 e. The molecule has 1 aliphatic heterocycles. The van der Waals surface area contributed by atoms with E-state index in [1.54, 1.807) is 22.5 Å². The molecule has 0 amide bonds. The van der Waals surface area contributed by atoms with Gasteiger partial charge < -0.3 is 10.6 Å². The molecule has 1 aromatic carbocycles. The van der Waals surface area contributed by atoms with E-state index < -0.39 is 10.0 Å². The fourth-order valence-corrected chi connectivity index (χ4v) is 4.70. The van der Waals surface area contributed by atoms with Gasteiger partial charge in [-0.15, -0.1) is 0 Å². The molecule has 1 heterocycles. The molecule has 5 nitrogen and oxygen atoms in total. The summed E-state index contributed by atoms with van der Waals surface area (Å²) in [5.41, 5.74) is 6.98. The van der Waals surface area contributed by atoms with Crippen molar-refractivity contribution < 1.29 is 8.42 Å². The lowest BCUT2D eigenvalue weighted by atomic mass is 10.2. The second-order valence-corrected chi connectivity index (χ2v) is 7.56. The van der Waals surface area contributed by atoms with Crippen LogP contribution in [0.4, 0.5) is 5.69 Å². The van der Waals surface area contributed by atoms with Gasteiger partial charge in [-0.1, -0.05) is 6.07 Å². The van der Waals surface area contributed by atoms with E-state index >= 15 is 0 Å². The summed E-state index contributed by atoms with van der Waals surface area (Å²) in [7, 11) is 0.474. The number of nitrogens with two attached hydrogens (primary N) is 1. The highest BCUT2D eigenvalue weighted by Gasteiger charge is 2.36. The number of likely N-dealkylation sites (N-methyl/N-ethyl adjacent to an activating group) is 1. The molecule has 1 unspecified atom stereocenters. The van der Waals surface area contributed by atoms with E-state index in [4.69, 9.17) is 5.73 Å². The third kappa shape index (κ3) is 2.97. The number of benzene rings is 1. The molecule has 0 aliphatic carbocycles. The summed E-state index contributed by atoms with van der Waals surface area (Å²) in [5.74, 6) is 0. The fourth-order valence-electron chi connectivity index (χ4n) is 2.75. The first-order chi connectivity index (χ1) is 9.32. The van der Waals surface area contributed by atoms with E-state index in [1.165, 1.54) is 0 Å². The van der Waals surface area contributed by atoms with Gasteiger partial charge in [-0.2, -0.15) is 4.31 Å². The highest BCUT2D eigenvalue weighted by Crippen LogP contribution is 2.29. The molecule has 1 atom stereocenters. The number of rotatable bonds is 4. The highest BCUT2D eigenvalue weighted by molar-refractivity contribution is 7.89. The Kier molecular flexibility index (Phi) is 4.36. The fraction of sp³-hybridized carbons (Fsp3) is 0.571. The molecule has 0 radical (unpaired) electrons. The van der Waals surface area contributed by atoms with E-state index in [1.807, 2.05) is 25.9 Å². The topological polar surface area (TPSA) is 66.6 Å². The predicted octanol–water partition coefficient (Wildman–Crippen LogP) is 1.29. The predicted molar refractivity (Wildman–Crippen MR) is 81.1 cm³/mol. The zero-order chi connectivity index (χ0) is 14.9. The summed E-state index contributed by atoms with van der Waals surface area (Å²) in [4.78, 5) is 2.37. The Balaban J connectivity index is 2.36. The van der Waals surface area contributed by atoms with Crippen LogP contribution < -0.4 is 5.73 Å². The monoisotopic (exact) mass is 297 g/mol. The number of hydrogen-bond acceptors (Lipinski definition) is 4. The Morgan fingerprint density at radius 1 is 1.40 bits per heavy atom. The molecular weight excluding hydrogens is 274 g/mol. The van der Waals surface area contributed by atoms with Crippen LogP contribution in [0.25, 0.3) is 0 Å². The van der Waals surface area contributed by atoms with Gasteiger partial charge in [0, 0.05) is 24.8 Å². The number of anilines is 1. The minimum absolute atomic E-state index is 0.0517. The normalized spacial score (nSPS) is 20.7. The lowest BCUT2D eigenvalue weighted by Gasteiger charge is -2.27. The van der Waals surface area contributed by atoms with E-state index in [2.05, 4.69) is 0 Å². The first kappa shape index (κ1) is 15.3. The number of hydrogen-bond donors (Lipinski definition) is 1. The summed E-state index contributed by atoms with van der Waals surface area (Å²) in [5, 5.41) is 0. The van der Waals surface area contributed by atoms with Gasteiger partial charge in [0.2, 0.25) is 10.0 Å². The van der Waals surface area contributed by atoms with Crippen LogP contribution in [-0.2, 0) is 10.0 Å². The maximum Gasteiger partial charge on any atom is 0.243 e. The SMILES string of the molecule is Cc1ccc(N)cc1S(=O)(=O)N1CCCC1CN(C)C. The van der Waals surface area contributed by atoms with Crippen LogP contribution in [0.5, 0.6) is 0 Å². The summed E-state index contributed by atoms with van der Waals surface area (Å²) >= 11 is 0. The molecule has 112 valence electrons. The van der Waals surface area contributed by atoms with Crippen molar-refractivity contribution in [2.45, 2.75) is 30.7 Å². The molecule has 0 aromatic heterocycles. The van der Waals surface area contributed by atoms with Crippen LogP contribution in [0, 0.1) is 6.92 Å². The Hall–Kier alpha value is -1.11. The average Bonchev–Trinajstić information content (AvgIpc) is 2.80. The van der Waals surface area contributed by atoms with Gasteiger partial charge in [0.25, 0.3) is 0 Å². The molecule has 1 saturated heterocycles. The lowest BCUT2D eigenvalue weighted by Crippen LogP contribution is -2.41. The standard InChI is InChI=1S/C14H23N3O2S/c1-11-6-7-12(15)9-14(11)20(18,19)17-8-4-5-13(17)10-16(2)3/h6-7,9,13H,4-5,8,10,15H2,1-3H3. The Morgan fingerprint density at radius 3 is 2.75 bits per heavy atom. The molecule has 2 N–H and O–H groups in total. The number of nitrogens with zero attached hydrogens (tertiary/aromatic N) is 2. The molecular formula is C14H23N3O2S. The number of nitrogen functional groups attached to an aromatic ring is 1. The lowest BCUT2D eigenvalue weighted by molar-refractivity contribution is 0.291. The molecule has 20 heavy (non-hydrogen) atoms. The minimum atomic E-state index is -3.46. The third-order valence-corrected chi connectivity index (χ3v) is 5.79. The minimum Gasteiger partial charge on any atom is -0.399 e. The van der Waals surface area contributed by atoms with Crippen molar-refractivity contribution in [1.29, 1.82) is 0 Å². The summed E-state index contributed by atoms with van der Waals surface area (Å²) < 4.78 is 27.3. The molecule has 1 aromatic rings. The summed E-state index contributed by atoms with van der Waals surface area (Å²) in [6.07, 6.45) is 1.83. The molecule has 1 fully saturated rings. The van der Waals surface area contributed by atoms with Gasteiger partial charge in [-0.25, -0.2) is 8.42 Å². The van der Waals surface area contributed by atoms with Gasteiger partial charge in [-0.05, 0) is 51.6 Å². The molecule has 2 rings (SSSR count). The molecule has 0 saturated carbocycles. The zero-order valence-corrected chi connectivity index (χ0v) is 13.2. The van der Waals surface area contributed by atoms with E-state index in [0.717, 1.165) is 24.9 Å². The van der Waals surface area contributed by atoms with Gasteiger partial charge in [0.15, 0.2) is 0 Å². The molecule has 6 heteroatoms. The van der Waals surface area contributed by atoms with Crippen molar-refractivity contribution in [1.82, 2.24) is 9.21 Å². The van der Waals surface area contributed by atoms with Gasteiger partial charge in [-0.3, -0.25) is 0 Å². The van der Waals surface area contributed by atoms with Crippen LogP contribution >= 0.6 is 0 Å². The van der Waals surface area contributed by atoms with Crippen LogP contribution in [-0.4, -0.2) is 50.8 Å². The van der Waals surface area contributed by atoms with Crippen molar-refractivity contribution in [3.63, 3.8) is 0 Å². The van der Waals surface area contributed by atoms with E-state index in [0.29, 0.717) is 17.1 Å². The van der Waals surface area contributed by atoms with Crippen molar-refractivity contribution in [2.24, 2.45) is 0 Å². The summed E-state index contributed by atoms with van der Waals surface area (Å²) in [6, 6.07) is 5.11. The van der Waals surface area contributed by atoms with Crippen LogP contribution in [0.15, 0.2) is 23.1 Å². The van der Waals surface area contributed by atoms with E-state index in [-0.39, 0.29) is 6.04 Å². The van der Waals surface area contributed by atoms with Gasteiger partial charge in [0.05, 0.1) is 4.90 Å². The molecule has 1 aliphatic rings. The maximum atomic E-state index is 12.9. The van der Waals surface area contributed by atoms with Crippen LogP contribution in [0.2, 0.25) is 0 Å². The maximum absolute atomic E-state index is 12.9. The van der Waals surface area contributed by atoms with Gasteiger partial charge >= 0.3 is 0 Å². The van der Waals surface area contributed by atoms with Crippen molar-refractivity contribution in [2.75, 3.05) is 32.9 Å². The number of sulfonamides is 1. The van der Waals surface area contributed by atoms with E-state index in [9.17, 15) is 8.42 Å². The quantitative estimate of drug-likeness (QED) is 0.851. The highest BCUT2D eigenvalue weighted by atomic mass is 32.2. The average molecular weight is 297 g/mol. The second-order valence-electron chi connectivity index (χ2n) is 5.70. The Morgan fingerprint density at radius 2 is 2.10 bits per heavy atom. The van der Waals surface area contributed by atoms with Crippen molar-refractivity contribution >= 4 is 15.7 Å². The van der Waals surface area contributed by atoms with Crippen LogP contribution in [0.3, 0.4) is 0 Å². The first-order valence-corrected chi connectivity index (χ1v) is 8.29. The zero-order valence-electron chi connectivity index (χ0n) is 12.3. The first-order valence-electron chi connectivity index (χ1n) is 6.85. The third-order valence-electron chi connectivity index (χ3n) is 3.70. The van der Waals surface area contributed by atoms with Crippen molar-refractivity contribution in [3.05, 3.63) is 23.8 Å². The second kappa shape index (κ2) is 5.71.